The second-order valence-corrected chi connectivity index (χ2v) is 5.71. The molecule has 2 atom stereocenters. The van der Waals surface area contributed by atoms with Crippen molar-refractivity contribution in [1.82, 2.24) is 5.32 Å². The van der Waals surface area contributed by atoms with E-state index in [2.05, 4.69) is 59.0 Å². The summed E-state index contributed by atoms with van der Waals surface area (Å²) in [5, 5.41) is 12.9. The second kappa shape index (κ2) is 6.35. The van der Waals surface area contributed by atoms with E-state index >= 15 is 0 Å². The molecule has 1 aromatic carbocycles. The molecule has 0 spiro atoms. The highest BCUT2D eigenvalue weighted by molar-refractivity contribution is 5.38. The molecule has 2 heteroatoms. The topological polar surface area (TPSA) is 32.3 Å². The number of aliphatic hydroxyl groups excluding tert-OH is 1. The number of rotatable bonds is 5. The highest BCUT2D eigenvalue weighted by Gasteiger charge is 2.17. The Morgan fingerprint density at radius 2 is 1.56 bits per heavy atom. The minimum atomic E-state index is 0.154. The van der Waals surface area contributed by atoms with Crippen LogP contribution in [0.4, 0.5) is 0 Å². The lowest BCUT2D eigenvalue weighted by molar-refractivity contribution is 0.201. The summed E-state index contributed by atoms with van der Waals surface area (Å²) in [6.45, 7) is 13.1. The molecule has 0 radical (unpaired) electrons. The Kier molecular flexibility index (Phi) is 5.36. The standard InChI is InChI=1S/C16H27NO/c1-10(2)16(9-18)17-14(6)15-8-12(4)11(3)7-13(15)5/h7-8,10,14,16-18H,9H2,1-6H3. The Labute approximate surface area is 111 Å². The lowest BCUT2D eigenvalue weighted by atomic mass is 9.95. The molecule has 1 aromatic rings. The lowest BCUT2D eigenvalue weighted by Gasteiger charge is -2.26. The molecule has 0 fully saturated rings. The Balaban J connectivity index is 2.90. The first-order chi connectivity index (χ1) is 8.36. The molecule has 0 amide bonds. The highest BCUT2D eigenvalue weighted by atomic mass is 16.3. The minimum absolute atomic E-state index is 0.154. The number of aryl methyl sites for hydroxylation is 3. The molecular weight excluding hydrogens is 222 g/mol. The normalized spacial score (nSPS) is 14.9. The molecule has 0 saturated heterocycles. The third-order valence-electron chi connectivity index (χ3n) is 3.81. The van der Waals surface area contributed by atoms with Gasteiger partial charge < -0.3 is 10.4 Å². The monoisotopic (exact) mass is 249 g/mol. The van der Waals surface area contributed by atoms with Crippen molar-refractivity contribution in [3.8, 4) is 0 Å². The molecule has 1 rings (SSSR count). The van der Waals surface area contributed by atoms with Crippen LogP contribution < -0.4 is 5.32 Å². The van der Waals surface area contributed by atoms with Gasteiger partial charge in [0.15, 0.2) is 0 Å². The Hall–Kier alpha value is -0.860. The molecule has 2 nitrogen and oxygen atoms in total. The predicted molar refractivity (Wildman–Crippen MR) is 77.9 cm³/mol. The Morgan fingerprint density at radius 1 is 1.00 bits per heavy atom. The van der Waals surface area contributed by atoms with E-state index in [1.54, 1.807) is 0 Å². The average molecular weight is 249 g/mol. The van der Waals surface area contributed by atoms with Gasteiger partial charge in [-0.25, -0.2) is 0 Å². The zero-order valence-corrected chi connectivity index (χ0v) is 12.5. The first kappa shape index (κ1) is 15.2. The smallest absolute Gasteiger partial charge is 0.0587 e. The average Bonchev–Trinajstić information content (AvgIpc) is 2.29. The molecule has 102 valence electrons. The van der Waals surface area contributed by atoms with Gasteiger partial charge in [-0.2, -0.15) is 0 Å². The molecule has 0 heterocycles. The van der Waals surface area contributed by atoms with Crippen molar-refractivity contribution in [2.24, 2.45) is 5.92 Å². The maximum absolute atomic E-state index is 9.40. The van der Waals surface area contributed by atoms with Gasteiger partial charge in [-0.3, -0.25) is 0 Å². The van der Waals surface area contributed by atoms with Crippen LogP contribution in [0.3, 0.4) is 0 Å². The third kappa shape index (κ3) is 3.56. The summed E-state index contributed by atoms with van der Waals surface area (Å²) in [5.74, 6) is 0.435. The van der Waals surface area contributed by atoms with Crippen molar-refractivity contribution >= 4 is 0 Å². The van der Waals surface area contributed by atoms with Crippen LogP contribution >= 0.6 is 0 Å². The summed E-state index contributed by atoms with van der Waals surface area (Å²) in [5.41, 5.74) is 5.32. The summed E-state index contributed by atoms with van der Waals surface area (Å²) < 4.78 is 0. The summed E-state index contributed by atoms with van der Waals surface area (Å²) in [4.78, 5) is 0. The molecule has 0 aliphatic carbocycles. The number of nitrogens with one attached hydrogen (secondary N) is 1. The SMILES string of the molecule is Cc1cc(C)c(C(C)NC(CO)C(C)C)cc1C. The zero-order valence-electron chi connectivity index (χ0n) is 12.5. The van der Waals surface area contributed by atoms with Gasteiger partial charge >= 0.3 is 0 Å². The molecular formula is C16H27NO. The number of benzene rings is 1. The molecule has 0 aromatic heterocycles. The van der Waals surface area contributed by atoms with E-state index in [1.807, 2.05) is 0 Å². The van der Waals surface area contributed by atoms with Gasteiger partial charge in [0.2, 0.25) is 0 Å². The van der Waals surface area contributed by atoms with Crippen LogP contribution in [0.25, 0.3) is 0 Å². The van der Waals surface area contributed by atoms with Crippen LogP contribution in [0.15, 0.2) is 12.1 Å². The summed E-state index contributed by atoms with van der Waals surface area (Å²) in [7, 11) is 0. The van der Waals surface area contributed by atoms with Gasteiger partial charge in [0, 0.05) is 12.1 Å². The second-order valence-electron chi connectivity index (χ2n) is 5.71. The highest BCUT2D eigenvalue weighted by Crippen LogP contribution is 2.22. The first-order valence-corrected chi connectivity index (χ1v) is 6.81. The third-order valence-corrected chi connectivity index (χ3v) is 3.81. The van der Waals surface area contributed by atoms with E-state index in [4.69, 9.17) is 0 Å². The summed E-state index contributed by atoms with van der Waals surface area (Å²) in [6.07, 6.45) is 0. The van der Waals surface area contributed by atoms with Crippen LogP contribution in [-0.2, 0) is 0 Å². The van der Waals surface area contributed by atoms with Gasteiger partial charge in [-0.15, -0.1) is 0 Å². The fraction of sp³-hybridized carbons (Fsp3) is 0.625. The molecule has 2 unspecified atom stereocenters. The largest absolute Gasteiger partial charge is 0.395 e. The van der Waals surface area contributed by atoms with Gasteiger partial charge in [-0.05, 0) is 55.9 Å². The van der Waals surface area contributed by atoms with Crippen molar-refractivity contribution in [2.45, 2.75) is 53.6 Å². The number of aliphatic hydroxyl groups is 1. The number of hydrogen-bond donors (Lipinski definition) is 2. The fourth-order valence-corrected chi connectivity index (χ4v) is 2.32. The minimum Gasteiger partial charge on any atom is -0.395 e. The van der Waals surface area contributed by atoms with E-state index in [1.165, 1.54) is 22.3 Å². The van der Waals surface area contributed by atoms with E-state index in [0.29, 0.717) is 5.92 Å². The Bertz CT molecular complexity index is 398. The number of hydrogen-bond acceptors (Lipinski definition) is 2. The van der Waals surface area contributed by atoms with E-state index in [0.717, 1.165) is 0 Å². The fourth-order valence-electron chi connectivity index (χ4n) is 2.32. The zero-order chi connectivity index (χ0) is 13.9. The molecule has 0 bridgehead atoms. The van der Waals surface area contributed by atoms with Crippen LogP contribution in [0.1, 0.15) is 49.1 Å². The first-order valence-electron chi connectivity index (χ1n) is 6.81. The van der Waals surface area contributed by atoms with E-state index in [9.17, 15) is 5.11 Å². The molecule has 0 aliphatic rings. The van der Waals surface area contributed by atoms with Crippen molar-refractivity contribution in [1.29, 1.82) is 0 Å². The maximum Gasteiger partial charge on any atom is 0.0587 e. The quantitative estimate of drug-likeness (QED) is 0.839. The molecule has 0 saturated carbocycles. The van der Waals surface area contributed by atoms with Crippen LogP contribution in [-0.4, -0.2) is 17.8 Å². The van der Waals surface area contributed by atoms with E-state index < -0.39 is 0 Å². The maximum atomic E-state index is 9.40. The molecule has 2 N–H and O–H groups in total. The van der Waals surface area contributed by atoms with Crippen LogP contribution in [0.5, 0.6) is 0 Å². The van der Waals surface area contributed by atoms with Gasteiger partial charge in [-0.1, -0.05) is 26.0 Å². The van der Waals surface area contributed by atoms with Crippen LogP contribution in [0, 0.1) is 26.7 Å². The van der Waals surface area contributed by atoms with Crippen molar-refractivity contribution in [3.05, 3.63) is 34.4 Å². The van der Waals surface area contributed by atoms with Crippen molar-refractivity contribution in [3.63, 3.8) is 0 Å². The van der Waals surface area contributed by atoms with Crippen LogP contribution in [0.2, 0.25) is 0 Å². The van der Waals surface area contributed by atoms with Gasteiger partial charge in [0.1, 0.15) is 0 Å². The van der Waals surface area contributed by atoms with Gasteiger partial charge in [0.05, 0.1) is 6.61 Å². The van der Waals surface area contributed by atoms with Crippen molar-refractivity contribution < 1.29 is 5.11 Å². The molecule has 0 aliphatic heterocycles. The predicted octanol–water partition coefficient (Wildman–Crippen LogP) is 3.28. The van der Waals surface area contributed by atoms with Gasteiger partial charge in [0.25, 0.3) is 0 Å². The molecule has 18 heavy (non-hydrogen) atoms. The summed E-state index contributed by atoms with van der Waals surface area (Å²) >= 11 is 0. The summed E-state index contributed by atoms with van der Waals surface area (Å²) in [6, 6.07) is 4.92. The van der Waals surface area contributed by atoms with E-state index in [-0.39, 0.29) is 18.7 Å². The van der Waals surface area contributed by atoms with Crippen molar-refractivity contribution in [2.75, 3.05) is 6.61 Å². The Morgan fingerprint density at radius 3 is 2.06 bits per heavy atom. The lowest BCUT2D eigenvalue weighted by Crippen LogP contribution is -2.38.